The third kappa shape index (κ3) is 5.67. The van der Waals surface area contributed by atoms with Crippen LogP contribution in [0.5, 0.6) is 0 Å². The van der Waals surface area contributed by atoms with Crippen molar-refractivity contribution in [3.63, 3.8) is 0 Å². The zero-order valence-electron chi connectivity index (χ0n) is 16.6. The third-order valence-corrected chi connectivity index (χ3v) is 5.19. The van der Waals surface area contributed by atoms with Gasteiger partial charge in [-0.3, -0.25) is 4.79 Å². The predicted molar refractivity (Wildman–Crippen MR) is 110 cm³/mol. The highest BCUT2D eigenvalue weighted by atomic mass is 16.5. The van der Waals surface area contributed by atoms with E-state index in [9.17, 15) is 9.90 Å². The standard InChI is InChI=1S/C24H32O3/c1-3-5-8-17-22(4-2)27-23(26)24(19-25,21-15-11-7-12-16-21)18-20-13-9-6-10-14-20/h6-7,9-16,22,25H,3-5,8,17-19H2,1-2H3. The van der Waals surface area contributed by atoms with Gasteiger partial charge in [0.05, 0.1) is 6.61 Å². The van der Waals surface area contributed by atoms with E-state index < -0.39 is 5.41 Å². The summed E-state index contributed by atoms with van der Waals surface area (Å²) in [5.74, 6) is -0.330. The van der Waals surface area contributed by atoms with Crippen LogP contribution in [0, 0.1) is 0 Å². The van der Waals surface area contributed by atoms with E-state index in [1.165, 1.54) is 0 Å². The quantitative estimate of drug-likeness (QED) is 0.445. The summed E-state index contributed by atoms with van der Waals surface area (Å²) >= 11 is 0. The SMILES string of the molecule is CCCCCC(CC)OC(=O)C(CO)(Cc1ccccc1)c1ccccc1. The van der Waals surface area contributed by atoms with Crippen molar-refractivity contribution in [3.8, 4) is 0 Å². The molecule has 0 saturated heterocycles. The minimum atomic E-state index is -1.08. The van der Waals surface area contributed by atoms with Gasteiger partial charge in [0.2, 0.25) is 0 Å². The maximum Gasteiger partial charge on any atom is 0.319 e. The Morgan fingerprint density at radius 1 is 1.00 bits per heavy atom. The lowest BCUT2D eigenvalue weighted by Crippen LogP contribution is -2.44. The molecule has 0 bridgehead atoms. The lowest BCUT2D eigenvalue weighted by molar-refractivity contribution is -0.158. The van der Waals surface area contributed by atoms with Gasteiger partial charge in [0.1, 0.15) is 11.5 Å². The second kappa shape index (κ2) is 10.9. The summed E-state index contributed by atoms with van der Waals surface area (Å²) in [6.07, 6.45) is 5.31. The molecule has 0 amide bonds. The van der Waals surface area contributed by atoms with Crippen LogP contribution < -0.4 is 0 Å². The van der Waals surface area contributed by atoms with Crippen LogP contribution in [-0.4, -0.2) is 23.8 Å². The molecule has 3 nitrogen and oxygen atoms in total. The van der Waals surface area contributed by atoms with E-state index in [4.69, 9.17) is 4.74 Å². The molecule has 27 heavy (non-hydrogen) atoms. The average Bonchev–Trinajstić information content (AvgIpc) is 2.72. The summed E-state index contributed by atoms with van der Waals surface area (Å²) in [7, 11) is 0. The number of carbonyl (C=O) groups excluding carboxylic acids is 1. The molecule has 0 saturated carbocycles. The molecular formula is C24H32O3. The van der Waals surface area contributed by atoms with Crippen molar-refractivity contribution in [2.75, 3.05) is 6.61 Å². The largest absolute Gasteiger partial charge is 0.462 e. The Morgan fingerprint density at radius 3 is 2.19 bits per heavy atom. The van der Waals surface area contributed by atoms with E-state index >= 15 is 0 Å². The molecule has 1 N–H and O–H groups in total. The lowest BCUT2D eigenvalue weighted by Gasteiger charge is -2.32. The monoisotopic (exact) mass is 368 g/mol. The Morgan fingerprint density at radius 2 is 1.63 bits per heavy atom. The molecule has 0 radical (unpaired) electrons. The Balaban J connectivity index is 2.29. The van der Waals surface area contributed by atoms with Gasteiger partial charge in [0, 0.05) is 0 Å². The van der Waals surface area contributed by atoms with Crippen LogP contribution in [0.4, 0.5) is 0 Å². The second-order valence-corrected chi connectivity index (χ2v) is 7.20. The topological polar surface area (TPSA) is 46.5 Å². The van der Waals surface area contributed by atoms with Gasteiger partial charge in [0.15, 0.2) is 0 Å². The maximum atomic E-state index is 13.3. The van der Waals surface area contributed by atoms with Gasteiger partial charge in [-0.1, -0.05) is 87.4 Å². The molecule has 146 valence electrons. The van der Waals surface area contributed by atoms with Crippen LogP contribution in [0.2, 0.25) is 0 Å². The molecule has 0 fully saturated rings. The molecule has 0 spiro atoms. The Hall–Kier alpha value is -2.13. The zero-order valence-corrected chi connectivity index (χ0v) is 16.6. The molecule has 0 aromatic heterocycles. The Labute approximate surface area is 163 Å². The third-order valence-electron chi connectivity index (χ3n) is 5.19. The van der Waals surface area contributed by atoms with Crippen LogP contribution in [0.15, 0.2) is 60.7 Å². The summed E-state index contributed by atoms with van der Waals surface area (Å²) in [6.45, 7) is 3.93. The number of ether oxygens (including phenoxy) is 1. The van der Waals surface area contributed by atoms with Gasteiger partial charge in [0.25, 0.3) is 0 Å². The number of esters is 1. The fourth-order valence-corrected chi connectivity index (χ4v) is 3.44. The van der Waals surface area contributed by atoms with E-state index in [1.807, 2.05) is 67.6 Å². The zero-order chi connectivity index (χ0) is 19.5. The number of hydrogen-bond donors (Lipinski definition) is 1. The number of hydrogen-bond acceptors (Lipinski definition) is 3. The average molecular weight is 369 g/mol. The van der Waals surface area contributed by atoms with Crippen LogP contribution in [0.3, 0.4) is 0 Å². The highest BCUT2D eigenvalue weighted by Crippen LogP contribution is 2.31. The first-order valence-electron chi connectivity index (χ1n) is 10.1. The van der Waals surface area contributed by atoms with E-state index in [2.05, 4.69) is 6.92 Å². The van der Waals surface area contributed by atoms with Crippen LogP contribution in [-0.2, 0) is 21.4 Å². The minimum absolute atomic E-state index is 0.102. The van der Waals surface area contributed by atoms with Crippen molar-refractivity contribution in [1.29, 1.82) is 0 Å². The van der Waals surface area contributed by atoms with Gasteiger partial charge in [-0.2, -0.15) is 0 Å². The fourth-order valence-electron chi connectivity index (χ4n) is 3.44. The smallest absolute Gasteiger partial charge is 0.319 e. The first-order chi connectivity index (χ1) is 13.2. The molecule has 2 aromatic carbocycles. The molecular weight excluding hydrogens is 336 g/mol. The number of aliphatic hydroxyl groups is 1. The maximum absolute atomic E-state index is 13.3. The summed E-state index contributed by atoms with van der Waals surface area (Å²) in [4.78, 5) is 13.3. The van der Waals surface area contributed by atoms with Crippen molar-refractivity contribution in [2.45, 2.75) is 63.9 Å². The van der Waals surface area contributed by atoms with Crippen molar-refractivity contribution in [2.24, 2.45) is 0 Å². The molecule has 0 aliphatic rings. The van der Waals surface area contributed by atoms with Gasteiger partial charge in [-0.25, -0.2) is 0 Å². The molecule has 0 heterocycles. The lowest BCUT2D eigenvalue weighted by atomic mass is 9.76. The summed E-state index contributed by atoms with van der Waals surface area (Å²) in [5, 5.41) is 10.4. The normalized spacial score (nSPS) is 14.3. The highest BCUT2D eigenvalue weighted by Gasteiger charge is 2.42. The number of aliphatic hydroxyl groups excluding tert-OH is 1. The molecule has 0 aliphatic heterocycles. The van der Waals surface area contributed by atoms with E-state index in [1.54, 1.807) is 0 Å². The van der Waals surface area contributed by atoms with Gasteiger partial charge in [-0.05, 0) is 36.8 Å². The summed E-state index contributed by atoms with van der Waals surface area (Å²) < 4.78 is 5.93. The predicted octanol–water partition coefficient (Wildman–Crippen LogP) is 5.06. The molecule has 2 rings (SSSR count). The first-order valence-corrected chi connectivity index (χ1v) is 10.1. The molecule has 0 aliphatic carbocycles. The van der Waals surface area contributed by atoms with E-state index in [-0.39, 0.29) is 18.7 Å². The number of carbonyl (C=O) groups is 1. The van der Waals surface area contributed by atoms with Gasteiger partial charge in [-0.15, -0.1) is 0 Å². The summed E-state index contributed by atoms with van der Waals surface area (Å²) in [6, 6.07) is 19.3. The van der Waals surface area contributed by atoms with E-state index in [0.717, 1.165) is 43.2 Å². The van der Waals surface area contributed by atoms with Crippen molar-refractivity contribution in [3.05, 3.63) is 71.8 Å². The first kappa shape index (κ1) is 21.2. The van der Waals surface area contributed by atoms with Crippen molar-refractivity contribution < 1.29 is 14.6 Å². The van der Waals surface area contributed by atoms with Gasteiger partial charge >= 0.3 is 5.97 Å². The Bertz CT molecular complexity index is 669. The van der Waals surface area contributed by atoms with Crippen LogP contribution >= 0.6 is 0 Å². The van der Waals surface area contributed by atoms with Crippen LogP contribution in [0.25, 0.3) is 0 Å². The Kier molecular flexibility index (Phi) is 8.53. The highest BCUT2D eigenvalue weighted by molar-refractivity contribution is 5.84. The molecule has 2 aromatic rings. The fraction of sp³-hybridized carbons (Fsp3) is 0.458. The molecule has 2 unspecified atom stereocenters. The number of rotatable bonds is 11. The molecule has 2 atom stereocenters. The number of unbranched alkanes of at least 4 members (excludes halogenated alkanes) is 2. The van der Waals surface area contributed by atoms with Crippen LogP contribution in [0.1, 0.15) is 57.1 Å². The second-order valence-electron chi connectivity index (χ2n) is 7.20. The van der Waals surface area contributed by atoms with E-state index in [0.29, 0.717) is 6.42 Å². The molecule has 3 heteroatoms. The minimum Gasteiger partial charge on any atom is -0.462 e. The summed E-state index contributed by atoms with van der Waals surface area (Å²) in [5.41, 5.74) is 0.719. The number of benzene rings is 2. The van der Waals surface area contributed by atoms with Gasteiger partial charge < -0.3 is 9.84 Å². The van der Waals surface area contributed by atoms with Crippen molar-refractivity contribution in [1.82, 2.24) is 0 Å². The van der Waals surface area contributed by atoms with Crippen molar-refractivity contribution >= 4 is 5.97 Å².